The Morgan fingerprint density at radius 2 is 1.75 bits per heavy atom. The van der Waals surface area contributed by atoms with Crippen molar-refractivity contribution >= 4 is 17.0 Å². The summed E-state index contributed by atoms with van der Waals surface area (Å²) in [7, 11) is 0. The van der Waals surface area contributed by atoms with Crippen molar-refractivity contribution in [3.05, 3.63) is 84.4 Å². The van der Waals surface area contributed by atoms with Gasteiger partial charge >= 0.3 is 0 Å². The summed E-state index contributed by atoms with van der Waals surface area (Å²) in [6.07, 6.45) is 4.78. The molecule has 0 radical (unpaired) electrons. The zero-order valence-electron chi connectivity index (χ0n) is 15.5. The number of rotatable bonds is 7. The van der Waals surface area contributed by atoms with E-state index in [1.165, 1.54) is 28.1 Å². The zero-order chi connectivity index (χ0) is 19.2. The predicted molar refractivity (Wildman–Crippen MR) is 109 cm³/mol. The van der Waals surface area contributed by atoms with Gasteiger partial charge in [0, 0.05) is 0 Å². The number of ether oxygens (including phenoxy) is 2. The van der Waals surface area contributed by atoms with Crippen molar-refractivity contribution in [3.8, 4) is 11.5 Å². The van der Waals surface area contributed by atoms with Crippen molar-refractivity contribution in [2.75, 3.05) is 6.61 Å². The number of aromatic nitrogens is 3. The molecule has 1 aromatic heterocycles. The molecule has 0 atom stereocenters. The minimum Gasteiger partial charge on any atom is -0.490 e. The standard InChI is InChI=1S/C22H20N4O2/c1-2-27-22-12-17(13-25-26-15-23-24-16-26)10-11-21(22)28-14-19-8-5-7-18-6-3-4-9-20(18)19/h3-13,15-16H,2,14H2,1H3. The van der Waals surface area contributed by atoms with E-state index in [0.717, 1.165) is 11.1 Å². The largest absolute Gasteiger partial charge is 0.490 e. The lowest BCUT2D eigenvalue weighted by molar-refractivity contribution is 0.270. The molecule has 4 rings (SSSR count). The lowest BCUT2D eigenvalue weighted by atomic mass is 10.1. The number of benzene rings is 3. The summed E-state index contributed by atoms with van der Waals surface area (Å²) < 4.78 is 13.4. The van der Waals surface area contributed by atoms with Crippen molar-refractivity contribution in [1.29, 1.82) is 0 Å². The van der Waals surface area contributed by atoms with E-state index in [9.17, 15) is 0 Å². The Morgan fingerprint density at radius 3 is 2.61 bits per heavy atom. The van der Waals surface area contributed by atoms with Gasteiger partial charge in [-0.05, 0) is 47.0 Å². The average molecular weight is 372 g/mol. The van der Waals surface area contributed by atoms with Gasteiger partial charge in [-0.1, -0.05) is 42.5 Å². The molecule has 0 aliphatic heterocycles. The van der Waals surface area contributed by atoms with E-state index < -0.39 is 0 Å². The van der Waals surface area contributed by atoms with E-state index in [0.29, 0.717) is 24.7 Å². The molecule has 4 aromatic rings. The SMILES string of the molecule is CCOc1cc(C=Nn2cnnc2)ccc1OCc1cccc2ccccc12. The second-order valence-corrected chi connectivity index (χ2v) is 6.15. The minimum atomic E-state index is 0.468. The van der Waals surface area contributed by atoms with Gasteiger partial charge in [0.2, 0.25) is 0 Å². The number of fused-ring (bicyclic) bond motifs is 1. The second kappa shape index (κ2) is 8.35. The van der Waals surface area contributed by atoms with Gasteiger partial charge in [-0.15, -0.1) is 10.2 Å². The number of nitrogens with zero attached hydrogens (tertiary/aromatic N) is 4. The van der Waals surface area contributed by atoms with Crippen LogP contribution in [-0.4, -0.2) is 27.7 Å². The molecule has 0 N–H and O–H groups in total. The summed E-state index contributed by atoms with van der Waals surface area (Å²) in [4.78, 5) is 0. The van der Waals surface area contributed by atoms with E-state index in [2.05, 4.69) is 45.6 Å². The van der Waals surface area contributed by atoms with E-state index in [4.69, 9.17) is 9.47 Å². The highest BCUT2D eigenvalue weighted by molar-refractivity contribution is 5.85. The molecule has 0 aliphatic rings. The van der Waals surface area contributed by atoms with Crippen molar-refractivity contribution < 1.29 is 9.47 Å². The predicted octanol–water partition coefficient (Wildman–Crippen LogP) is 4.29. The Hall–Kier alpha value is -3.67. The fourth-order valence-electron chi connectivity index (χ4n) is 2.95. The summed E-state index contributed by atoms with van der Waals surface area (Å²) in [5.41, 5.74) is 2.04. The monoisotopic (exact) mass is 372 g/mol. The van der Waals surface area contributed by atoms with Gasteiger partial charge in [-0.25, -0.2) is 4.68 Å². The lowest BCUT2D eigenvalue weighted by Gasteiger charge is -2.13. The third kappa shape index (κ3) is 4.01. The number of hydrogen-bond acceptors (Lipinski definition) is 5. The van der Waals surface area contributed by atoms with Crippen molar-refractivity contribution in [3.63, 3.8) is 0 Å². The average Bonchev–Trinajstić information content (AvgIpc) is 3.25. The van der Waals surface area contributed by atoms with Crippen molar-refractivity contribution in [2.24, 2.45) is 5.10 Å². The topological polar surface area (TPSA) is 61.5 Å². The Balaban J connectivity index is 1.55. The van der Waals surface area contributed by atoms with Crippen LogP contribution in [0.25, 0.3) is 10.8 Å². The Labute approximate surface area is 163 Å². The molecule has 1 heterocycles. The maximum absolute atomic E-state index is 6.09. The van der Waals surface area contributed by atoms with Crippen molar-refractivity contribution in [1.82, 2.24) is 14.9 Å². The molecule has 0 spiro atoms. The summed E-state index contributed by atoms with van der Waals surface area (Å²) >= 11 is 0. The summed E-state index contributed by atoms with van der Waals surface area (Å²) in [6, 6.07) is 20.3. The highest BCUT2D eigenvalue weighted by Gasteiger charge is 2.08. The molecular formula is C22H20N4O2. The van der Waals surface area contributed by atoms with Gasteiger partial charge in [0.25, 0.3) is 0 Å². The molecule has 0 saturated heterocycles. The van der Waals surface area contributed by atoms with E-state index in [1.54, 1.807) is 6.21 Å². The van der Waals surface area contributed by atoms with Crippen LogP contribution in [0.2, 0.25) is 0 Å². The highest BCUT2D eigenvalue weighted by Crippen LogP contribution is 2.30. The molecule has 0 bridgehead atoms. The van der Waals surface area contributed by atoms with Crippen molar-refractivity contribution in [2.45, 2.75) is 13.5 Å². The van der Waals surface area contributed by atoms with Gasteiger partial charge in [0.15, 0.2) is 11.5 Å². The quantitative estimate of drug-likeness (QED) is 0.454. The molecule has 0 aliphatic carbocycles. The molecular weight excluding hydrogens is 352 g/mol. The molecule has 28 heavy (non-hydrogen) atoms. The molecule has 0 fully saturated rings. The normalized spacial score (nSPS) is 11.2. The first-order valence-electron chi connectivity index (χ1n) is 9.09. The molecule has 6 heteroatoms. The lowest BCUT2D eigenvalue weighted by Crippen LogP contribution is -2.01. The Bertz CT molecular complexity index is 1090. The summed E-state index contributed by atoms with van der Waals surface area (Å²) in [6.45, 7) is 2.97. The van der Waals surface area contributed by atoms with Gasteiger partial charge in [0.1, 0.15) is 19.3 Å². The molecule has 140 valence electrons. The second-order valence-electron chi connectivity index (χ2n) is 6.15. The Kier molecular flexibility index (Phi) is 5.29. The van der Waals surface area contributed by atoms with Crippen LogP contribution in [0, 0.1) is 0 Å². The van der Waals surface area contributed by atoms with E-state index >= 15 is 0 Å². The number of hydrogen-bond donors (Lipinski definition) is 0. The maximum atomic E-state index is 6.09. The highest BCUT2D eigenvalue weighted by atomic mass is 16.5. The van der Waals surface area contributed by atoms with Gasteiger partial charge < -0.3 is 9.47 Å². The molecule has 6 nitrogen and oxygen atoms in total. The fourth-order valence-corrected chi connectivity index (χ4v) is 2.95. The summed E-state index contributed by atoms with van der Waals surface area (Å²) in [5, 5.41) is 14.1. The van der Waals surface area contributed by atoms with Crippen LogP contribution in [0.3, 0.4) is 0 Å². The van der Waals surface area contributed by atoms with Crippen LogP contribution in [0.15, 0.2) is 78.4 Å². The molecule has 0 saturated carbocycles. The van der Waals surface area contributed by atoms with Crippen LogP contribution in [-0.2, 0) is 6.61 Å². The van der Waals surface area contributed by atoms with Gasteiger partial charge in [-0.2, -0.15) is 5.10 Å². The maximum Gasteiger partial charge on any atom is 0.161 e. The fraction of sp³-hybridized carbons (Fsp3) is 0.136. The van der Waals surface area contributed by atoms with Crippen LogP contribution in [0.4, 0.5) is 0 Å². The molecule has 0 unspecified atom stereocenters. The van der Waals surface area contributed by atoms with Gasteiger partial charge in [-0.3, -0.25) is 0 Å². The third-order valence-corrected chi connectivity index (χ3v) is 4.28. The van der Waals surface area contributed by atoms with Crippen LogP contribution in [0.5, 0.6) is 11.5 Å². The van der Waals surface area contributed by atoms with Gasteiger partial charge in [0.05, 0.1) is 12.8 Å². The summed E-state index contributed by atoms with van der Waals surface area (Å²) in [5.74, 6) is 1.40. The first kappa shape index (κ1) is 17.7. The zero-order valence-corrected chi connectivity index (χ0v) is 15.5. The molecule has 0 amide bonds. The first-order valence-corrected chi connectivity index (χ1v) is 9.09. The Morgan fingerprint density at radius 1 is 0.929 bits per heavy atom. The molecule has 3 aromatic carbocycles. The van der Waals surface area contributed by atoms with Crippen LogP contribution >= 0.6 is 0 Å². The smallest absolute Gasteiger partial charge is 0.161 e. The third-order valence-electron chi connectivity index (χ3n) is 4.28. The van der Waals surface area contributed by atoms with Crippen LogP contribution < -0.4 is 9.47 Å². The van der Waals surface area contributed by atoms with Crippen LogP contribution in [0.1, 0.15) is 18.1 Å². The van der Waals surface area contributed by atoms with E-state index in [1.807, 2.05) is 37.3 Å². The van der Waals surface area contributed by atoms with E-state index in [-0.39, 0.29) is 0 Å². The first-order chi connectivity index (χ1) is 13.8. The minimum absolute atomic E-state index is 0.468.